The second-order valence-electron chi connectivity index (χ2n) is 6.97. The SMILES string of the molecule is CN=C(NCCC(=O)N1CCN(c2ccccn2)CC1)NCCc1ccccc1.I. The van der Waals surface area contributed by atoms with Crippen LogP contribution in [0.15, 0.2) is 59.7 Å². The number of nitrogens with one attached hydrogen (secondary N) is 2. The monoisotopic (exact) mass is 522 g/mol. The molecule has 0 saturated carbocycles. The maximum atomic E-state index is 12.5. The van der Waals surface area contributed by atoms with Crippen LogP contribution < -0.4 is 15.5 Å². The molecule has 30 heavy (non-hydrogen) atoms. The van der Waals surface area contributed by atoms with Crippen LogP contribution in [0.3, 0.4) is 0 Å². The van der Waals surface area contributed by atoms with Gasteiger partial charge in [-0.15, -0.1) is 24.0 Å². The van der Waals surface area contributed by atoms with E-state index in [-0.39, 0.29) is 29.9 Å². The number of aliphatic imine (C=N–C) groups is 1. The van der Waals surface area contributed by atoms with Crippen molar-refractivity contribution in [1.82, 2.24) is 20.5 Å². The molecule has 1 aromatic heterocycles. The molecule has 0 spiro atoms. The Labute approximate surface area is 196 Å². The minimum absolute atomic E-state index is 0. The van der Waals surface area contributed by atoms with Crippen LogP contribution in [-0.2, 0) is 11.2 Å². The minimum Gasteiger partial charge on any atom is -0.356 e. The molecule has 8 heteroatoms. The van der Waals surface area contributed by atoms with Crippen LogP contribution in [-0.4, -0.2) is 68.1 Å². The first-order valence-electron chi connectivity index (χ1n) is 10.2. The molecule has 2 N–H and O–H groups in total. The Morgan fingerprint density at radius 2 is 1.70 bits per heavy atom. The van der Waals surface area contributed by atoms with Gasteiger partial charge in [-0.3, -0.25) is 9.79 Å². The van der Waals surface area contributed by atoms with Gasteiger partial charge in [0.25, 0.3) is 0 Å². The van der Waals surface area contributed by atoms with E-state index in [0.29, 0.717) is 13.0 Å². The lowest BCUT2D eigenvalue weighted by Gasteiger charge is -2.35. The Hall–Kier alpha value is -2.36. The average Bonchev–Trinajstić information content (AvgIpc) is 2.79. The first-order chi connectivity index (χ1) is 14.3. The number of pyridine rings is 1. The average molecular weight is 522 g/mol. The van der Waals surface area contributed by atoms with Crippen LogP contribution in [0.1, 0.15) is 12.0 Å². The fourth-order valence-corrected chi connectivity index (χ4v) is 3.36. The molecule has 3 rings (SSSR count). The number of halogens is 1. The van der Waals surface area contributed by atoms with E-state index >= 15 is 0 Å². The largest absolute Gasteiger partial charge is 0.356 e. The predicted octanol–water partition coefficient (Wildman–Crippen LogP) is 2.15. The molecule has 1 aliphatic heterocycles. The first-order valence-corrected chi connectivity index (χ1v) is 10.2. The quantitative estimate of drug-likeness (QED) is 0.332. The molecule has 7 nitrogen and oxygen atoms in total. The number of aromatic nitrogens is 1. The molecule has 2 aromatic rings. The van der Waals surface area contributed by atoms with Gasteiger partial charge in [0.1, 0.15) is 5.82 Å². The molecule has 1 saturated heterocycles. The van der Waals surface area contributed by atoms with Crippen molar-refractivity contribution in [2.24, 2.45) is 4.99 Å². The van der Waals surface area contributed by atoms with E-state index in [0.717, 1.165) is 50.9 Å². The van der Waals surface area contributed by atoms with Crippen LogP contribution in [0.25, 0.3) is 0 Å². The fourth-order valence-electron chi connectivity index (χ4n) is 3.36. The number of carbonyl (C=O) groups excluding carboxylic acids is 1. The van der Waals surface area contributed by atoms with Crippen LogP contribution in [0.5, 0.6) is 0 Å². The molecule has 0 bridgehead atoms. The maximum Gasteiger partial charge on any atom is 0.224 e. The van der Waals surface area contributed by atoms with E-state index in [2.05, 4.69) is 37.6 Å². The zero-order valence-electron chi connectivity index (χ0n) is 17.5. The van der Waals surface area contributed by atoms with E-state index in [1.54, 1.807) is 13.2 Å². The lowest BCUT2D eigenvalue weighted by molar-refractivity contribution is -0.131. The van der Waals surface area contributed by atoms with Crippen LogP contribution in [0, 0.1) is 0 Å². The molecular formula is C22H31IN6O. The van der Waals surface area contributed by atoms with Crippen molar-refractivity contribution in [2.45, 2.75) is 12.8 Å². The van der Waals surface area contributed by atoms with Gasteiger partial charge in [-0.2, -0.15) is 0 Å². The molecule has 0 atom stereocenters. The number of benzene rings is 1. The molecule has 1 fully saturated rings. The van der Waals surface area contributed by atoms with E-state index in [1.807, 2.05) is 41.3 Å². The number of amides is 1. The Morgan fingerprint density at radius 3 is 2.37 bits per heavy atom. The first kappa shape index (κ1) is 23.9. The molecule has 162 valence electrons. The summed E-state index contributed by atoms with van der Waals surface area (Å²) in [6.45, 7) is 4.48. The molecule has 1 aromatic carbocycles. The second kappa shape index (κ2) is 13.0. The van der Waals surface area contributed by atoms with Crippen LogP contribution >= 0.6 is 24.0 Å². The van der Waals surface area contributed by atoms with Crippen molar-refractivity contribution >= 4 is 41.7 Å². The van der Waals surface area contributed by atoms with E-state index in [4.69, 9.17) is 0 Å². The van der Waals surface area contributed by atoms with Gasteiger partial charge in [0.2, 0.25) is 5.91 Å². The van der Waals surface area contributed by atoms with Crippen molar-refractivity contribution in [3.63, 3.8) is 0 Å². The van der Waals surface area contributed by atoms with Crippen molar-refractivity contribution in [3.8, 4) is 0 Å². The molecule has 0 aliphatic carbocycles. The molecule has 0 radical (unpaired) electrons. The molecule has 1 amide bonds. The van der Waals surface area contributed by atoms with Gasteiger partial charge in [0, 0.05) is 58.9 Å². The predicted molar refractivity (Wildman–Crippen MR) is 133 cm³/mol. The summed E-state index contributed by atoms with van der Waals surface area (Å²) in [5.74, 6) is 1.89. The summed E-state index contributed by atoms with van der Waals surface area (Å²) in [6.07, 6.45) is 3.20. The van der Waals surface area contributed by atoms with Gasteiger partial charge < -0.3 is 20.4 Å². The summed E-state index contributed by atoms with van der Waals surface area (Å²) >= 11 is 0. The fraction of sp³-hybridized carbons (Fsp3) is 0.409. The van der Waals surface area contributed by atoms with Crippen molar-refractivity contribution in [2.75, 3.05) is 51.2 Å². The lowest BCUT2D eigenvalue weighted by Crippen LogP contribution is -2.49. The van der Waals surface area contributed by atoms with Crippen LogP contribution in [0.2, 0.25) is 0 Å². The number of anilines is 1. The summed E-state index contributed by atoms with van der Waals surface area (Å²) in [5, 5.41) is 6.53. The highest BCUT2D eigenvalue weighted by Crippen LogP contribution is 2.12. The highest BCUT2D eigenvalue weighted by molar-refractivity contribution is 14.0. The molecule has 0 unspecified atom stereocenters. The Kier molecular flexibility index (Phi) is 10.4. The number of nitrogens with zero attached hydrogens (tertiary/aromatic N) is 4. The summed E-state index contributed by atoms with van der Waals surface area (Å²) in [6, 6.07) is 16.3. The number of rotatable bonds is 7. The topological polar surface area (TPSA) is 72.9 Å². The summed E-state index contributed by atoms with van der Waals surface area (Å²) in [4.78, 5) is 25.3. The van der Waals surface area contributed by atoms with Crippen LogP contribution in [0.4, 0.5) is 5.82 Å². The zero-order chi connectivity index (χ0) is 20.3. The van der Waals surface area contributed by atoms with Crippen molar-refractivity contribution in [3.05, 3.63) is 60.3 Å². The standard InChI is InChI=1S/C22H30N6O.HI/c1-23-22(25-13-10-19-7-3-2-4-8-19)26-14-11-21(29)28-17-15-27(16-18-28)20-9-5-6-12-24-20;/h2-9,12H,10-11,13-18H2,1H3,(H2,23,25,26);1H. The van der Waals surface area contributed by atoms with Gasteiger partial charge in [0.15, 0.2) is 5.96 Å². The third-order valence-electron chi connectivity index (χ3n) is 5.01. The normalized spacial score (nSPS) is 14.1. The summed E-state index contributed by atoms with van der Waals surface area (Å²) in [7, 11) is 1.75. The number of carbonyl (C=O) groups is 1. The summed E-state index contributed by atoms with van der Waals surface area (Å²) < 4.78 is 0. The second-order valence-corrected chi connectivity index (χ2v) is 6.97. The Morgan fingerprint density at radius 1 is 1.00 bits per heavy atom. The highest BCUT2D eigenvalue weighted by Gasteiger charge is 2.21. The van der Waals surface area contributed by atoms with Gasteiger partial charge >= 0.3 is 0 Å². The van der Waals surface area contributed by atoms with E-state index in [9.17, 15) is 4.79 Å². The molecule has 2 heterocycles. The van der Waals surface area contributed by atoms with Gasteiger partial charge in [0.05, 0.1) is 0 Å². The van der Waals surface area contributed by atoms with E-state index in [1.165, 1.54) is 5.56 Å². The third kappa shape index (κ3) is 7.47. The number of guanidine groups is 1. The number of hydrogen-bond acceptors (Lipinski definition) is 4. The van der Waals surface area contributed by atoms with E-state index < -0.39 is 0 Å². The smallest absolute Gasteiger partial charge is 0.224 e. The van der Waals surface area contributed by atoms with Gasteiger partial charge in [-0.05, 0) is 24.1 Å². The highest BCUT2D eigenvalue weighted by atomic mass is 127. The molecule has 1 aliphatic rings. The Balaban J connectivity index is 0.00000320. The van der Waals surface area contributed by atoms with Crippen molar-refractivity contribution < 1.29 is 4.79 Å². The van der Waals surface area contributed by atoms with Gasteiger partial charge in [-0.25, -0.2) is 4.98 Å². The Bertz CT molecular complexity index is 779. The maximum absolute atomic E-state index is 12.5. The zero-order valence-corrected chi connectivity index (χ0v) is 19.8. The number of hydrogen-bond donors (Lipinski definition) is 2. The number of piperazine rings is 1. The third-order valence-corrected chi connectivity index (χ3v) is 5.01. The summed E-state index contributed by atoms with van der Waals surface area (Å²) in [5.41, 5.74) is 1.29. The molecular weight excluding hydrogens is 491 g/mol. The van der Waals surface area contributed by atoms with Gasteiger partial charge in [-0.1, -0.05) is 36.4 Å². The minimum atomic E-state index is 0. The van der Waals surface area contributed by atoms with Crippen molar-refractivity contribution in [1.29, 1.82) is 0 Å². The lowest BCUT2D eigenvalue weighted by atomic mass is 10.1.